The van der Waals surface area contributed by atoms with Crippen molar-refractivity contribution in [3.8, 4) is 0 Å². The fourth-order valence-electron chi connectivity index (χ4n) is 2.34. The van der Waals surface area contributed by atoms with Crippen molar-refractivity contribution in [2.75, 3.05) is 0 Å². The van der Waals surface area contributed by atoms with Crippen LogP contribution in [0.4, 0.5) is 0 Å². The van der Waals surface area contributed by atoms with Gasteiger partial charge in [-0.25, -0.2) is 0 Å². The molecule has 0 aliphatic heterocycles. The SMILES string of the molecule is CCCCCCC(Br)C/C=C/CCCCCCCC(=O)O. The molecule has 0 aliphatic rings. The molecule has 0 amide bonds. The molecule has 1 atom stereocenters. The Morgan fingerprint density at radius 2 is 1.67 bits per heavy atom. The largest absolute Gasteiger partial charge is 0.481 e. The molecule has 1 unspecified atom stereocenters. The Labute approximate surface area is 139 Å². The number of halogens is 1. The van der Waals surface area contributed by atoms with Gasteiger partial charge in [0.2, 0.25) is 0 Å². The second-order valence-electron chi connectivity index (χ2n) is 5.85. The topological polar surface area (TPSA) is 37.3 Å². The van der Waals surface area contributed by atoms with E-state index < -0.39 is 5.97 Å². The van der Waals surface area contributed by atoms with Crippen LogP contribution in [0, 0.1) is 0 Å². The molecule has 0 aliphatic carbocycles. The molecule has 0 radical (unpaired) electrons. The standard InChI is InChI=1S/C18H33BrO2/c1-2-3-4-11-14-17(19)15-12-9-7-5-6-8-10-13-16-18(20)21/h9,12,17H,2-8,10-11,13-16H2,1H3,(H,20,21)/b12-9+. The van der Waals surface area contributed by atoms with Crippen molar-refractivity contribution in [2.24, 2.45) is 0 Å². The van der Waals surface area contributed by atoms with Crippen LogP contribution in [0.25, 0.3) is 0 Å². The van der Waals surface area contributed by atoms with Gasteiger partial charge in [-0.15, -0.1) is 0 Å². The summed E-state index contributed by atoms with van der Waals surface area (Å²) < 4.78 is 0. The van der Waals surface area contributed by atoms with E-state index in [-0.39, 0.29) is 0 Å². The highest BCUT2D eigenvalue weighted by Crippen LogP contribution is 2.16. The van der Waals surface area contributed by atoms with Crippen LogP contribution in [0.3, 0.4) is 0 Å². The molecule has 2 nitrogen and oxygen atoms in total. The van der Waals surface area contributed by atoms with E-state index in [4.69, 9.17) is 5.11 Å². The average Bonchev–Trinajstić information content (AvgIpc) is 2.45. The molecule has 0 aromatic heterocycles. The lowest BCUT2D eigenvalue weighted by atomic mass is 10.1. The lowest BCUT2D eigenvalue weighted by molar-refractivity contribution is -0.137. The van der Waals surface area contributed by atoms with Crippen molar-refractivity contribution in [3.63, 3.8) is 0 Å². The van der Waals surface area contributed by atoms with E-state index in [0.29, 0.717) is 11.2 Å². The first kappa shape index (κ1) is 20.7. The molecule has 3 heteroatoms. The quantitative estimate of drug-likeness (QED) is 0.206. The number of carbonyl (C=O) groups is 1. The zero-order chi connectivity index (χ0) is 15.8. The first-order valence-corrected chi connectivity index (χ1v) is 9.59. The van der Waals surface area contributed by atoms with E-state index in [1.165, 1.54) is 51.4 Å². The Morgan fingerprint density at radius 3 is 2.38 bits per heavy atom. The summed E-state index contributed by atoms with van der Waals surface area (Å²) in [5.74, 6) is -0.669. The van der Waals surface area contributed by atoms with Gasteiger partial charge in [-0.3, -0.25) is 4.79 Å². The van der Waals surface area contributed by atoms with Gasteiger partial charge in [-0.1, -0.05) is 80.0 Å². The van der Waals surface area contributed by atoms with Crippen molar-refractivity contribution in [1.29, 1.82) is 0 Å². The molecule has 0 aromatic carbocycles. The number of rotatable bonds is 15. The normalized spacial score (nSPS) is 12.9. The molecular weight excluding hydrogens is 328 g/mol. The van der Waals surface area contributed by atoms with Gasteiger partial charge < -0.3 is 5.11 Å². The van der Waals surface area contributed by atoms with E-state index in [2.05, 4.69) is 35.0 Å². The van der Waals surface area contributed by atoms with Crippen molar-refractivity contribution >= 4 is 21.9 Å². The Kier molecular flexibility index (Phi) is 15.8. The van der Waals surface area contributed by atoms with Crippen LogP contribution in [-0.4, -0.2) is 15.9 Å². The molecule has 0 rings (SSSR count). The van der Waals surface area contributed by atoms with Crippen molar-refractivity contribution < 1.29 is 9.90 Å². The van der Waals surface area contributed by atoms with Crippen molar-refractivity contribution in [1.82, 2.24) is 0 Å². The summed E-state index contributed by atoms with van der Waals surface area (Å²) in [4.78, 5) is 11.0. The molecule has 21 heavy (non-hydrogen) atoms. The molecule has 124 valence electrons. The van der Waals surface area contributed by atoms with Gasteiger partial charge >= 0.3 is 5.97 Å². The van der Waals surface area contributed by atoms with Crippen molar-refractivity contribution in [2.45, 2.75) is 95.2 Å². The molecule has 0 bridgehead atoms. The van der Waals surface area contributed by atoms with Crippen LogP contribution in [0.1, 0.15) is 90.4 Å². The fraction of sp³-hybridized carbons (Fsp3) is 0.833. The predicted molar refractivity (Wildman–Crippen MR) is 95.2 cm³/mol. The Morgan fingerprint density at radius 1 is 1.00 bits per heavy atom. The second kappa shape index (κ2) is 16.1. The summed E-state index contributed by atoms with van der Waals surface area (Å²) in [6.45, 7) is 2.25. The zero-order valence-corrected chi connectivity index (χ0v) is 15.2. The highest BCUT2D eigenvalue weighted by Gasteiger charge is 2.00. The molecule has 0 heterocycles. The number of carboxylic acids is 1. The number of aliphatic carboxylic acids is 1. The fourth-order valence-corrected chi connectivity index (χ4v) is 2.88. The molecule has 0 saturated heterocycles. The molecule has 0 saturated carbocycles. The minimum absolute atomic E-state index is 0.324. The second-order valence-corrected chi connectivity index (χ2v) is 7.15. The van der Waals surface area contributed by atoms with Crippen LogP contribution in [0.5, 0.6) is 0 Å². The molecule has 0 fully saturated rings. The van der Waals surface area contributed by atoms with Crippen LogP contribution in [0.2, 0.25) is 0 Å². The summed E-state index contributed by atoms with van der Waals surface area (Å²) in [5.41, 5.74) is 0. The maximum absolute atomic E-state index is 10.3. The maximum atomic E-state index is 10.3. The third kappa shape index (κ3) is 17.6. The van der Waals surface area contributed by atoms with Gasteiger partial charge in [0.1, 0.15) is 0 Å². The number of alkyl halides is 1. The third-order valence-electron chi connectivity index (χ3n) is 3.69. The number of unbranched alkanes of at least 4 members (excludes halogenated alkanes) is 8. The first-order valence-electron chi connectivity index (χ1n) is 8.67. The summed E-state index contributed by atoms with van der Waals surface area (Å²) >= 11 is 3.75. The van der Waals surface area contributed by atoms with Gasteiger partial charge in [0.05, 0.1) is 0 Å². The Hall–Kier alpha value is -0.310. The summed E-state index contributed by atoms with van der Waals surface area (Å²) in [6, 6.07) is 0. The minimum atomic E-state index is -0.669. The van der Waals surface area contributed by atoms with E-state index >= 15 is 0 Å². The number of carboxylic acid groups (broad SMARTS) is 1. The van der Waals surface area contributed by atoms with Crippen LogP contribution in [-0.2, 0) is 4.79 Å². The molecular formula is C18H33BrO2. The van der Waals surface area contributed by atoms with Crippen LogP contribution >= 0.6 is 15.9 Å². The maximum Gasteiger partial charge on any atom is 0.303 e. The number of hydrogen-bond donors (Lipinski definition) is 1. The number of allylic oxidation sites excluding steroid dienone is 2. The van der Waals surface area contributed by atoms with E-state index in [0.717, 1.165) is 25.7 Å². The Bertz CT molecular complexity index is 264. The van der Waals surface area contributed by atoms with E-state index in [1.807, 2.05) is 0 Å². The van der Waals surface area contributed by atoms with Gasteiger partial charge in [0.25, 0.3) is 0 Å². The number of hydrogen-bond acceptors (Lipinski definition) is 1. The smallest absolute Gasteiger partial charge is 0.303 e. The van der Waals surface area contributed by atoms with E-state index in [9.17, 15) is 4.79 Å². The highest BCUT2D eigenvalue weighted by molar-refractivity contribution is 9.09. The Balaban J connectivity index is 3.26. The third-order valence-corrected chi connectivity index (χ3v) is 4.52. The molecule has 1 N–H and O–H groups in total. The van der Waals surface area contributed by atoms with Crippen molar-refractivity contribution in [3.05, 3.63) is 12.2 Å². The average molecular weight is 361 g/mol. The van der Waals surface area contributed by atoms with E-state index in [1.54, 1.807) is 0 Å². The summed E-state index contributed by atoms with van der Waals surface area (Å²) in [7, 11) is 0. The van der Waals surface area contributed by atoms with Gasteiger partial charge in [-0.2, -0.15) is 0 Å². The molecule has 0 aromatic rings. The summed E-state index contributed by atoms with van der Waals surface area (Å²) in [5, 5.41) is 8.53. The minimum Gasteiger partial charge on any atom is -0.481 e. The van der Waals surface area contributed by atoms with Crippen LogP contribution < -0.4 is 0 Å². The highest BCUT2D eigenvalue weighted by atomic mass is 79.9. The molecule has 0 spiro atoms. The van der Waals surface area contributed by atoms with Gasteiger partial charge in [0.15, 0.2) is 0 Å². The predicted octanol–water partition coefficient (Wildman–Crippen LogP) is 6.48. The summed E-state index contributed by atoms with van der Waals surface area (Å²) in [6.07, 6.45) is 19.4. The lowest BCUT2D eigenvalue weighted by Gasteiger charge is -2.06. The van der Waals surface area contributed by atoms with Crippen LogP contribution in [0.15, 0.2) is 12.2 Å². The lowest BCUT2D eigenvalue weighted by Crippen LogP contribution is -1.95. The monoisotopic (exact) mass is 360 g/mol. The zero-order valence-electron chi connectivity index (χ0n) is 13.7. The van der Waals surface area contributed by atoms with Gasteiger partial charge in [0, 0.05) is 11.2 Å². The van der Waals surface area contributed by atoms with Gasteiger partial charge in [-0.05, 0) is 32.1 Å². The first-order chi connectivity index (χ1) is 10.2.